The molecule has 0 unspecified atom stereocenters. The number of hydrogen-bond donors (Lipinski definition) is 0. The molecule has 0 spiro atoms. The van der Waals surface area contributed by atoms with E-state index in [4.69, 9.17) is 4.74 Å². The highest BCUT2D eigenvalue weighted by atomic mass is 79.9. The van der Waals surface area contributed by atoms with Gasteiger partial charge in [0.05, 0.1) is 8.95 Å². The molecule has 0 radical (unpaired) electrons. The van der Waals surface area contributed by atoms with Gasteiger partial charge in [0.2, 0.25) is 0 Å². The van der Waals surface area contributed by atoms with Crippen molar-refractivity contribution in [3.63, 3.8) is 0 Å². The van der Waals surface area contributed by atoms with Crippen LogP contribution in [0.4, 0.5) is 0 Å². The molecule has 1 aromatic carbocycles. The fourth-order valence-electron chi connectivity index (χ4n) is 0.760. The number of rotatable bonds is 2. The van der Waals surface area contributed by atoms with E-state index in [0.29, 0.717) is 11.3 Å². The summed E-state index contributed by atoms with van der Waals surface area (Å²) in [6, 6.07) is 5.43. The summed E-state index contributed by atoms with van der Waals surface area (Å²) in [5, 5.41) is 0. The van der Waals surface area contributed by atoms with Crippen LogP contribution in [0.25, 0.3) is 0 Å². The van der Waals surface area contributed by atoms with Gasteiger partial charge in [-0.25, -0.2) is 4.79 Å². The lowest BCUT2D eigenvalue weighted by molar-refractivity contribution is -0.130. The molecule has 14 heavy (non-hydrogen) atoms. The molecule has 1 aromatic rings. The van der Waals surface area contributed by atoms with Gasteiger partial charge >= 0.3 is 5.97 Å². The van der Waals surface area contributed by atoms with Crippen LogP contribution in [-0.4, -0.2) is 5.97 Å². The van der Waals surface area contributed by atoms with Crippen molar-refractivity contribution < 1.29 is 9.53 Å². The number of esters is 1. The summed E-state index contributed by atoms with van der Waals surface area (Å²) in [6.07, 6.45) is 0. The fourth-order valence-corrected chi connectivity index (χ4v) is 1.92. The number of benzene rings is 1. The zero-order chi connectivity index (χ0) is 10.7. The normalized spacial score (nSPS) is 9.64. The number of carbonyl (C=O) groups excluding carboxylic acids is 1. The van der Waals surface area contributed by atoms with Crippen LogP contribution in [0.1, 0.15) is 6.92 Å². The molecular formula is C10H8Br2O2. The second-order valence-electron chi connectivity index (χ2n) is 2.72. The molecule has 0 fully saturated rings. The Hall–Kier alpha value is -0.610. The van der Waals surface area contributed by atoms with Crippen molar-refractivity contribution in [2.45, 2.75) is 6.92 Å². The second kappa shape index (κ2) is 4.75. The summed E-state index contributed by atoms with van der Waals surface area (Å²) in [5.74, 6) is 0.0399. The summed E-state index contributed by atoms with van der Waals surface area (Å²) < 4.78 is 6.55. The first-order valence-electron chi connectivity index (χ1n) is 3.84. The average Bonchev–Trinajstić information content (AvgIpc) is 2.11. The van der Waals surface area contributed by atoms with E-state index in [9.17, 15) is 4.79 Å². The minimum atomic E-state index is -0.433. The first-order valence-corrected chi connectivity index (χ1v) is 5.42. The van der Waals surface area contributed by atoms with Gasteiger partial charge in [-0.1, -0.05) is 12.6 Å². The standard InChI is InChI=1S/C10H8Br2O2/c1-6(2)10(13)14-9-7(11)4-3-5-8(9)12/h3-5H,1H2,2H3. The van der Waals surface area contributed by atoms with Crippen molar-refractivity contribution >= 4 is 37.8 Å². The molecule has 0 aliphatic carbocycles. The first-order chi connectivity index (χ1) is 6.52. The molecule has 0 amide bonds. The Labute approximate surface area is 99.2 Å². The van der Waals surface area contributed by atoms with Crippen molar-refractivity contribution in [2.24, 2.45) is 0 Å². The van der Waals surface area contributed by atoms with Gasteiger partial charge in [-0.05, 0) is 50.9 Å². The fraction of sp³-hybridized carbons (Fsp3) is 0.100. The zero-order valence-corrected chi connectivity index (χ0v) is 10.7. The Morgan fingerprint density at radius 3 is 2.29 bits per heavy atom. The van der Waals surface area contributed by atoms with Gasteiger partial charge in [-0.2, -0.15) is 0 Å². The molecule has 0 saturated heterocycles. The maximum Gasteiger partial charge on any atom is 0.338 e. The highest BCUT2D eigenvalue weighted by Crippen LogP contribution is 2.33. The van der Waals surface area contributed by atoms with Crippen LogP contribution in [0.2, 0.25) is 0 Å². The third-order valence-corrected chi connectivity index (χ3v) is 2.71. The molecule has 74 valence electrons. The summed E-state index contributed by atoms with van der Waals surface area (Å²) in [4.78, 5) is 11.3. The van der Waals surface area contributed by atoms with E-state index in [1.54, 1.807) is 19.1 Å². The van der Waals surface area contributed by atoms with Crippen molar-refractivity contribution in [3.8, 4) is 5.75 Å². The molecule has 0 bridgehead atoms. The number of ether oxygens (including phenoxy) is 1. The van der Waals surface area contributed by atoms with E-state index in [0.717, 1.165) is 8.95 Å². The lowest BCUT2D eigenvalue weighted by Crippen LogP contribution is -2.08. The molecular weight excluding hydrogens is 312 g/mol. The van der Waals surface area contributed by atoms with Gasteiger partial charge in [-0.15, -0.1) is 0 Å². The van der Waals surface area contributed by atoms with Crippen molar-refractivity contribution in [1.82, 2.24) is 0 Å². The molecule has 1 rings (SSSR count). The number of para-hydroxylation sites is 1. The van der Waals surface area contributed by atoms with Gasteiger partial charge in [-0.3, -0.25) is 0 Å². The Morgan fingerprint density at radius 2 is 1.86 bits per heavy atom. The largest absolute Gasteiger partial charge is 0.421 e. The first kappa shape index (κ1) is 11.5. The summed E-state index contributed by atoms with van der Waals surface area (Å²) in [7, 11) is 0. The third kappa shape index (κ3) is 2.69. The van der Waals surface area contributed by atoms with Crippen LogP contribution >= 0.6 is 31.9 Å². The van der Waals surface area contributed by atoms with Crippen LogP contribution in [-0.2, 0) is 4.79 Å². The van der Waals surface area contributed by atoms with Crippen molar-refractivity contribution in [1.29, 1.82) is 0 Å². The van der Waals surface area contributed by atoms with Crippen LogP contribution in [0.3, 0.4) is 0 Å². The predicted molar refractivity (Wildman–Crippen MR) is 62.3 cm³/mol. The van der Waals surface area contributed by atoms with E-state index in [-0.39, 0.29) is 0 Å². The average molecular weight is 320 g/mol. The molecule has 0 heterocycles. The van der Waals surface area contributed by atoms with Gasteiger partial charge < -0.3 is 4.74 Å². The van der Waals surface area contributed by atoms with Gasteiger partial charge in [0.15, 0.2) is 5.75 Å². The highest BCUT2D eigenvalue weighted by Gasteiger charge is 2.11. The lowest BCUT2D eigenvalue weighted by atomic mass is 10.3. The molecule has 0 aliphatic heterocycles. The second-order valence-corrected chi connectivity index (χ2v) is 4.43. The molecule has 0 aromatic heterocycles. The van der Waals surface area contributed by atoms with Crippen molar-refractivity contribution in [3.05, 3.63) is 39.3 Å². The zero-order valence-electron chi connectivity index (χ0n) is 7.51. The highest BCUT2D eigenvalue weighted by molar-refractivity contribution is 9.11. The Morgan fingerprint density at radius 1 is 1.36 bits per heavy atom. The molecule has 0 aliphatic rings. The topological polar surface area (TPSA) is 26.3 Å². The molecule has 4 heteroatoms. The minimum absolute atomic E-state index is 0.368. The predicted octanol–water partition coefficient (Wildman–Crippen LogP) is 3.69. The quantitative estimate of drug-likeness (QED) is 0.472. The van der Waals surface area contributed by atoms with Crippen LogP contribution in [0.15, 0.2) is 39.3 Å². The summed E-state index contributed by atoms with van der Waals surface area (Å²) in [5.41, 5.74) is 0.368. The Bertz CT molecular complexity index is 365. The summed E-state index contributed by atoms with van der Waals surface area (Å²) in [6.45, 7) is 5.11. The Kier molecular flexibility index (Phi) is 3.89. The molecule has 2 nitrogen and oxygen atoms in total. The number of hydrogen-bond acceptors (Lipinski definition) is 2. The lowest BCUT2D eigenvalue weighted by Gasteiger charge is -2.07. The Balaban J connectivity index is 2.97. The molecule has 0 saturated carbocycles. The van der Waals surface area contributed by atoms with Crippen molar-refractivity contribution in [2.75, 3.05) is 0 Å². The van der Waals surface area contributed by atoms with Gasteiger partial charge in [0, 0.05) is 5.57 Å². The monoisotopic (exact) mass is 318 g/mol. The maximum atomic E-state index is 11.3. The van der Waals surface area contributed by atoms with Gasteiger partial charge in [0.1, 0.15) is 0 Å². The van der Waals surface area contributed by atoms with Crippen LogP contribution in [0.5, 0.6) is 5.75 Å². The molecule has 0 atom stereocenters. The minimum Gasteiger partial charge on any atom is -0.421 e. The smallest absolute Gasteiger partial charge is 0.338 e. The van der Waals surface area contributed by atoms with E-state index in [1.807, 2.05) is 6.07 Å². The maximum absolute atomic E-state index is 11.3. The van der Waals surface area contributed by atoms with E-state index in [2.05, 4.69) is 38.4 Å². The number of carbonyl (C=O) groups is 1. The number of halogens is 2. The van der Waals surface area contributed by atoms with Crippen LogP contribution in [0, 0.1) is 0 Å². The molecule has 0 N–H and O–H groups in total. The van der Waals surface area contributed by atoms with Gasteiger partial charge in [0.25, 0.3) is 0 Å². The van der Waals surface area contributed by atoms with Crippen LogP contribution < -0.4 is 4.74 Å². The van der Waals surface area contributed by atoms with E-state index in [1.165, 1.54) is 0 Å². The SMILES string of the molecule is C=C(C)C(=O)Oc1c(Br)cccc1Br. The third-order valence-electron chi connectivity index (χ3n) is 1.46. The summed E-state index contributed by atoms with van der Waals surface area (Å²) >= 11 is 6.58. The van der Waals surface area contributed by atoms with E-state index < -0.39 is 5.97 Å². The van der Waals surface area contributed by atoms with E-state index >= 15 is 0 Å².